The van der Waals surface area contributed by atoms with Crippen LogP contribution < -0.4 is 19.6 Å². The van der Waals surface area contributed by atoms with Crippen LogP contribution in [0, 0.1) is 0 Å². The van der Waals surface area contributed by atoms with Gasteiger partial charge in [-0.2, -0.15) is 5.10 Å². The van der Waals surface area contributed by atoms with Gasteiger partial charge in [-0.3, -0.25) is 4.79 Å². The van der Waals surface area contributed by atoms with E-state index in [-0.39, 0.29) is 19.1 Å². The maximum absolute atomic E-state index is 11.9. The van der Waals surface area contributed by atoms with Crippen molar-refractivity contribution in [3.05, 3.63) is 52.0 Å². The molecule has 2 aromatic rings. The van der Waals surface area contributed by atoms with Gasteiger partial charge in [0.2, 0.25) is 12.7 Å². The molecule has 2 aromatic carbocycles. The standard InChI is InChI=1S/C17H15BrN2O4/c1-22-13-4-2-11(3-5-13)6-17(21)20-19-9-12-7-15-16(8-14(12)18)24-10-23-15/h2-5,7-9H,6,10H2,1H3,(H,20,21)/b19-9-. The number of carbonyl (C=O) groups is 1. The van der Waals surface area contributed by atoms with Crippen LogP contribution in [0.2, 0.25) is 0 Å². The highest BCUT2D eigenvalue weighted by Crippen LogP contribution is 2.36. The number of carbonyl (C=O) groups excluding carboxylic acids is 1. The molecule has 0 spiro atoms. The highest BCUT2D eigenvalue weighted by Gasteiger charge is 2.15. The second kappa shape index (κ2) is 7.35. The van der Waals surface area contributed by atoms with Gasteiger partial charge in [0.25, 0.3) is 0 Å². The highest BCUT2D eigenvalue weighted by molar-refractivity contribution is 9.10. The van der Waals surface area contributed by atoms with Gasteiger partial charge in [-0.25, -0.2) is 5.43 Å². The van der Waals surface area contributed by atoms with Gasteiger partial charge in [0.05, 0.1) is 19.7 Å². The third-order valence-corrected chi connectivity index (χ3v) is 4.10. The summed E-state index contributed by atoms with van der Waals surface area (Å²) < 4.78 is 16.5. The minimum absolute atomic E-state index is 0.201. The molecule has 24 heavy (non-hydrogen) atoms. The summed E-state index contributed by atoms with van der Waals surface area (Å²) in [6.07, 6.45) is 1.79. The van der Waals surface area contributed by atoms with Crippen LogP contribution in [0.1, 0.15) is 11.1 Å². The first-order valence-electron chi connectivity index (χ1n) is 7.19. The van der Waals surface area contributed by atoms with Gasteiger partial charge in [-0.15, -0.1) is 0 Å². The zero-order valence-electron chi connectivity index (χ0n) is 12.9. The fourth-order valence-corrected chi connectivity index (χ4v) is 2.60. The number of hydrazone groups is 1. The van der Waals surface area contributed by atoms with Crippen molar-refractivity contribution in [3.63, 3.8) is 0 Å². The Bertz CT molecular complexity index is 775. The molecule has 0 aliphatic carbocycles. The summed E-state index contributed by atoms with van der Waals surface area (Å²) in [6, 6.07) is 10.9. The van der Waals surface area contributed by atoms with E-state index in [9.17, 15) is 4.79 Å². The van der Waals surface area contributed by atoms with E-state index < -0.39 is 0 Å². The Kier molecular flexibility index (Phi) is 5.00. The number of methoxy groups -OCH3 is 1. The SMILES string of the molecule is COc1ccc(CC(=O)N/N=C\c2cc3c(cc2Br)OCO3)cc1. The van der Waals surface area contributed by atoms with Gasteiger partial charge in [0.15, 0.2) is 11.5 Å². The zero-order valence-corrected chi connectivity index (χ0v) is 14.5. The molecular formula is C17H15BrN2O4. The van der Waals surface area contributed by atoms with Crippen molar-refractivity contribution in [1.29, 1.82) is 0 Å². The van der Waals surface area contributed by atoms with E-state index in [4.69, 9.17) is 14.2 Å². The lowest BCUT2D eigenvalue weighted by atomic mass is 10.1. The molecular weight excluding hydrogens is 376 g/mol. The Morgan fingerprint density at radius 1 is 1.29 bits per heavy atom. The number of hydrogen-bond donors (Lipinski definition) is 1. The molecule has 1 amide bonds. The number of nitrogens with one attached hydrogen (secondary N) is 1. The number of ether oxygens (including phenoxy) is 3. The first kappa shape index (κ1) is 16.3. The molecule has 124 valence electrons. The second-order valence-electron chi connectivity index (χ2n) is 5.05. The summed E-state index contributed by atoms with van der Waals surface area (Å²) >= 11 is 3.43. The molecule has 0 fully saturated rings. The van der Waals surface area contributed by atoms with Gasteiger partial charge in [0, 0.05) is 10.0 Å². The summed E-state index contributed by atoms with van der Waals surface area (Å²) in [6.45, 7) is 0.209. The predicted octanol–water partition coefficient (Wildman–Crippen LogP) is 2.88. The molecule has 6 nitrogen and oxygen atoms in total. The van der Waals surface area contributed by atoms with Gasteiger partial charge < -0.3 is 14.2 Å². The van der Waals surface area contributed by atoms with Gasteiger partial charge in [0.1, 0.15) is 5.75 Å². The van der Waals surface area contributed by atoms with E-state index in [1.807, 2.05) is 30.3 Å². The van der Waals surface area contributed by atoms with E-state index in [1.54, 1.807) is 19.4 Å². The molecule has 0 bridgehead atoms. The molecule has 1 aliphatic heterocycles. The van der Waals surface area contributed by atoms with Gasteiger partial charge >= 0.3 is 0 Å². The van der Waals surface area contributed by atoms with Crippen molar-refractivity contribution >= 4 is 28.1 Å². The van der Waals surface area contributed by atoms with E-state index >= 15 is 0 Å². The highest BCUT2D eigenvalue weighted by atomic mass is 79.9. The van der Waals surface area contributed by atoms with Crippen LogP contribution in [0.25, 0.3) is 0 Å². The quantitative estimate of drug-likeness (QED) is 0.629. The van der Waals surface area contributed by atoms with Crippen LogP contribution >= 0.6 is 15.9 Å². The Labute approximate surface area is 147 Å². The third kappa shape index (κ3) is 3.86. The molecule has 0 aromatic heterocycles. The summed E-state index contributed by atoms with van der Waals surface area (Å²) in [7, 11) is 1.60. The van der Waals surface area contributed by atoms with Crippen molar-refractivity contribution in [3.8, 4) is 17.2 Å². The number of amides is 1. The molecule has 1 heterocycles. The third-order valence-electron chi connectivity index (χ3n) is 3.41. The predicted molar refractivity (Wildman–Crippen MR) is 92.7 cm³/mol. The lowest BCUT2D eigenvalue weighted by molar-refractivity contribution is -0.120. The van der Waals surface area contributed by atoms with E-state index in [0.29, 0.717) is 11.5 Å². The Balaban J connectivity index is 1.58. The molecule has 1 aliphatic rings. The molecule has 0 unspecified atom stereocenters. The largest absolute Gasteiger partial charge is 0.497 e. The average Bonchev–Trinajstić information content (AvgIpc) is 3.02. The van der Waals surface area contributed by atoms with Crippen molar-refractivity contribution in [1.82, 2.24) is 5.43 Å². The summed E-state index contributed by atoms with van der Waals surface area (Å²) in [4.78, 5) is 11.9. The number of rotatable bonds is 5. The number of hydrogen-bond acceptors (Lipinski definition) is 5. The molecule has 0 saturated carbocycles. The van der Waals surface area contributed by atoms with Crippen molar-refractivity contribution in [2.45, 2.75) is 6.42 Å². The van der Waals surface area contributed by atoms with Gasteiger partial charge in [-0.1, -0.05) is 12.1 Å². The van der Waals surface area contributed by atoms with E-state index in [0.717, 1.165) is 21.3 Å². The summed E-state index contributed by atoms with van der Waals surface area (Å²) in [5.41, 5.74) is 4.17. The minimum Gasteiger partial charge on any atom is -0.497 e. The van der Waals surface area contributed by atoms with Gasteiger partial charge in [-0.05, 0) is 45.8 Å². The molecule has 3 rings (SSSR count). The first-order chi connectivity index (χ1) is 11.7. The van der Waals surface area contributed by atoms with Crippen LogP contribution in [-0.2, 0) is 11.2 Å². The number of halogens is 1. The smallest absolute Gasteiger partial charge is 0.244 e. The van der Waals surface area contributed by atoms with Crippen molar-refractivity contribution in [2.24, 2.45) is 5.10 Å². The monoisotopic (exact) mass is 390 g/mol. The number of nitrogens with zero attached hydrogens (tertiary/aromatic N) is 1. The average molecular weight is 391 g/mol. The topological polar surface area (TPSA) is 69.2 Å². The lowest BCUT2D eigenvalue weighted by Gasteiger charge is -2.03. The van der Waals surface area contributed by atoms with Crippen LogP contribution in [0.5, 0.6) is 17.2 Å². The fourth-order valence-electron chi connectivity index (χ4n) is 2.17. The minimum atomic E-state index is -0.201. The van der Waals surface area contributed by atoms with Crippen LogP contribution in [0.4, 0.5) is 0 Å². The maximum atomic E-state index is 11.9. The lowest BCUT2D eigenvalue weighted by Crippen LogP contribution is -2.19. The summed E-state index contributed by atoms with van der Waals surface area (Å²) in [5.74, 6) is 1.89. The van der Waals surface area contributed by atoms with E-state index in [2.05, 4.69) is 26.5 Å². The van der Waals surface area contributed by atoms with Crippen molar-refractivity contribution < 1.29 is 19.0 Å². The Morgan fingerprint density at radius 3 is 2.71 bits per heavy atom. The number of benzene rings is 2. The molecule has 7 heteroatoms. The molecule has 0 saturated heterocycles. The Morgan fingerprint density at radius 2 is 2.00 bits per heavy atom. The second-order valence-corrected chi connectivity index (χ2v) is 5.90. The fraction of sp³-hybridized carbons (Fsp3) is 0.176. The maximum Gasteiger partial charge on any atom is 0.244 e. The summed E-state index contributed by atoms with van der Waals surface area (Å²) in [5, 5.41) is 3.98. The van der Waals surface area contributed by atoms with Crippen LogP contribution in [0.15, 0.2) is 46.0 Å². The van der Waals surface area contributed by atoms with E-state index in [1.165, 1.54) is 0 Å². The molecule has 0 atom stereocenters. The number of fused-ring (bicyclic) bond motifs is 1. The Hall–Kier alpha value is -2.54. The first-order valence-corrected chi connectivity index (χ1v) is 7.99. The zero-order chi connectivity index (χ0) is 16.9. The van der Waals surface area contributed by atoms with Crippen LogP contribution in [0.3, 0.4) is 0 Å². The molecule has 1 N–H and O–H groups in total. The van der Waals surface area contributed by atoms with Crippen LogP contribution in [-0.4, -0.2) is 26.0 Å². The normalized spacial score (nSPS) is 12.4. The molecule has 0 radical (unpaired) electrons. The van der Waals surface area contributed by atoms with Crippen molar-refractivity contribution in [2.75, 3.05) is 13.9 Å².